The highest BCUT2D eigenvalue weighted by Gasteiger charge is 2.12. The van der Waals surface area contributed by atoms with Gasteiger partial charge in [0.15, 0.2) is 10.9 Å². The van der Waals surface area contributed by atoms with E-state index in [0.717, 1.165) is 21.7 Å². The number of hydrazone groups is 1. The number of allylic oxidation sites excluding steroid dienone is 2. The molecule has 2 aromatic carbocycles. The van der Waals surface area contributed by atoms with Gasteiger partial charge in [0.1, 0.15) is 5.71 Å². The number of carbonyl (C=O) groups excluding carboxylic acids is 1. The molecule has 0 amide bonds. The first-order valence-corrected chi connectivity index (χ1v) is 12.8. The van der Waals surface area contributed by atoms with Crippen molar-refractivity contribution >= 4 is 47.1 Å². The number of aryl methyl sites for hydroxylation is 1. The molecule has 0 spiro atoms. The quantitative estimate of drug-likeness (QED) is 0.122. The van der Waals surface area contributed by atoms with Crippen LogP contribution >= 0.6 is 24.8 Å². The Balaban J connectivity index is 0. The Hall–Kier alpha value is -2.44. The predicted molar refractivity (Wildman–Crippen MR) is 158 cm³/mol. The summed E-state index contributed by atoms with van der Waals surface area (Å²) in [4.78, 5) is 12.7. The van der Waals surface area contributed by atoms with E-state index in [4.69, 9.17) is 12.2 Å². The molecule has 0 fully saturated rings. The minimum Gasteiger partial charge on any atom is -0.331 e. The van der Waals surface area contributed by atoms with E-state index >= 15 is 0 Å². The summed E-state index contributed by atoms with van der Waals surface area (Å²) >= 11 is 9.47. The Bertz CT molecular complexity index is 921. The first-order valence-electron chi connectivity index (χ1n) is 11.9. The lowest BCUT2D eigenvalue weighted by Crippen LogP contribution is -2.27. The third-order valence-corrected chi connectivity index (χ3v) is 4.69. The van der Waals surface area contributed by atoms with Crippen molar-refractivity contribution in [1.82, 2.24) is 5.43 Å². The number of hydrogen-bond acceptors (Lipinski definition) is 4. The van der Waals surface area contributed by atoms with E-state index in [1.807, 2.05) is 83.1 Å². The minimum absolute atomic E-state index is 0.132. The molecule has 0 heterocycles. The van der Waals surface area contributed by atoms with E-state index < -0.39 is 0 Å². The Morgan fingerprint density at radius 1 is 1.03 bits per heavy atom. The average molecular weight is 502 g/mol. The van der Waals surface area contributed by atoms with Crippen LogP contribution in [0.15, 0.2) is 70.2 Å². The number of benzene rings is 2. The summed E-state index contributed by atoms with van der Waals surface area (Å²) in [6.07, 6.45) is 4.65. The van der Waals surface area contributed by atoms with Crippen molar-refractivity contribution < 1.29 is 4.79 Å². The van der Waals surface area contributed by atoms with Crippen molar-refractivity contribution in [2.24, 2.45) is 5.10 Å². The summed E-state index contributed by atoms with van der Waals surface area (Å²) in [6, 6.07) is 15.0. The number of nitrogens with zero attached hydrogens (tertiary/aromatic N) is 1. The number of carbonyl (C=O) groups is 1. The smallest absolute Gasteiger partial charge is 0.191 e. The van der Waals surface area contributed by atoms with Gasteiger partial charge in [-0.2, -0.15) is 5.10 Å². The highest BCUT2D eigenvalue weighted by Crippen LogP contribution is 2.13. The molecule has 0 aromatic heterocycles. The molecule has 0 atom stereocenters. The first-order chi connectivity index (χ1) is 16.3. The normalized spacial score (nSPS) is 10.3. The fourth-order valence-corrected chi connectivity index (χ4v) is 2.90. The second-order valence-electron chi connectivity index (χ2n) is 6.76. The van der Waals surface area contributed by atoms with Gasteiger partial charge in [-0.3, -0.25) is 10.2 Å². The third kappa shape index (κ3) is 14.7. The number of thiol groups is 1. The van der Waals surface area contributed by atoms with Crippen molar-refractivity contribution in [1.29, 1.82) is 0 Å². The lowest BCUT2D eigenvalue weighted by atomic mass is 10.0. The fourth-order valence-electron chi connectivity index (χ4n) is 2.51. The molecule has 0 aliphatic heterocycles. The molecule has 0 unspecified atom stereocenters. The maximum Gasteiger partial charge on any atom is 0.191 e. The van der Waals surface area contributed by atoms with Gasteiger partial charge in [0.25, 0.3) is 0 Å². The van der Waals surface area contributed by atoms with Gasteiger partial charge in [0, 0.05) is 23.1 Å². The van der Waals surface area contributed by atoms with Gasteiger partial charge in [0.05, 0.1) is 0 Å². The van der Waals surface area contributed by atoms with Crippen LogP contribution in [0, 0.1) is 6.92 Å². The van der Waals surface area contributed by atoms with E-state index in [0.29, 0.717) is 10.8 Å². The predicted octanol–water partition coefficient (Wildman–Crippen LogP) is 8.37. The van der Waals surface area contributed by atoms with Crippen LogP contribution in [0.3, 0.4) is 0 Å². The van der Waals surface area contributed by atoms with Crippen molar-refractivity contribution in [3.8, 4) is 0 Å². The Morgan fingerprint density at radius 2 is 1.65 bits per heavy atom. The molecule has 6 heteroatoms. The lowest BCUT2D eigenvalue weighted by Gasteiger charge is -2.10. The largest absolute Gasteiger partial charge is 0.331 e. The van der Waals surface area contributed by atoms with Gasteiger partial charge < -0.3 is 5.32 Å². The first kappa shape index (κ1) is 33.7. The molecule has 0 radical (unpaired) electrons. The second-order valence-corrected chi connectivity index (χ2v) is 7.68. The monoisotopic (exact) mass is 501 g/mol. The second kappa shape index (κ2) is 21.1. The number of rotatable bonds is 6. The number of anilines is 1. The van der Waals surface area contributed by atoms with Crippen LogP contribution in [0.1, 0.15) is 79.4 Å². The summed E-state index contributed by atoms with van der Waals surface area (Å²) in [5.41, 5.74) is 7.12. The van der Waals surface area contributed by atoms with Crippen LogP contribution in [0.4, 0.5) is 5.69 Å². The summed E-state index contributed by atoms with van der Waals surface area (Å²) < 4.78 is 0. The lowest BCUT2D eigenvalue weighted by molar-refractivity contribution is -0.111. The Morgan fingerprint density at radius 3 is 2.12 bits per heavy atom. The van der Waals surface area contributed by atoms with E-state index in [1.54, 1.807) is 0 Å². The maximum atomic E-state index is 11.9. The number of thiocarbonyl (C=S) groups is 1. The maximum absolute atomic E-state index is 11.9. The van der Waals surface area contributed by atoms with Crippen molar-refractivity contribution in [3.63, 3.8) is 0 Å². The van der Waals surface area contributed by atoms with E-state index in [9.17, 15) is 4.79 Å². The molecular formula is C28H43N3OS2. The van der Waals surface area contributed by atoms with Crippen molar-refractivity contribution in [3.05, 3.63) is 71.3 Å². The van der Waals surface area contributed by atoms with Gasteiger partial charge in [-0.15, -0.1) is 12.6 Å². The molecule has 4 nitrogen and oxygen atoms in total. The zero-order chi connectivity index (χ0) is 26.5. The minimum atomic E-state index is -0.132. The fraction of sp³-hybridized carbons (Fsp3) is 0.393. The van der Waals surface area contributed by atoms with Gasteiger partial charge in [-0.1, -0.05) is 83.5 Å². The molecule has 34 heavy (non-hydrogen) atoms. The average Bonchev–Trinajstić information content (AvgIpc) is 2.83. The van der Waals surface area contributed by atoms with E-state index in [1.165, 1.54) is 25.3 Å². The summed E-state index contributed by atoms with van der Waals surface area (Å²) in [5, 5.41) is 7.47. The molecule has 0 saturated heterocycles. The topological polar surface area (TPSA) is 53.5 Å². The Kier molecular flexibility index (Phi) is 21.0. The molecule has 0 bridgehead atoms. The SMILES string of the molecule is CC.CC.CC(=O)/C(=N\NC(=S)Nc1cccc(S)c1)c1ccccc1C.CC/C=C(\C)CC. The summed E-state index contributed by atoms with van der Waals surface area (Å²) in [7, 11) is 0. The van der Waals surface area contributed by atoms with Crippen LogP contribution < -0.4 is 10.7 Å². The zero-order valence-corrected chi connectivity index (χ0v) is 24.0. The summed E-state index contributed by atoms with van der Waals surface area (Å²) in [5.74, 6) is -0.132. The molecule has 0 aliphatic rings. The summed E-state index contributed by atoms with van der Waals surface area (Å²) in [6.45, 7) is 17.9. The van der Waals surface area contributed by atoms with Crippen LogP contribution in [-0.4, -0.2) is 16.6 Å². The molecule has 2 rings (SSSR count). The van der Waals surface area contributed by atoms with Crippen molar-refractivity contribution in [2.75, 3.05) is 5.32 Å². The van der Waals surface area contributed by atoms with Gasteiger partial charge in [-0.25, -0.2) is 0 Å². The number of nitrogens with one attached hydrogen (secondary N) is 2. The third-order valence-electron chi connectivity index (χ3n) is 4.22. The standard InChI is InChI=1S/C17H17N3OS2.C7H14.2C2H6/c1-11-6-3-4-9-15(11)16(12(2)21)19-20-17(23)18-13-7-5-8-14(22)10-13;1-4-6-7(3)5-2;2*1-2/h3-10,22H,1-2H3,(H2,18,20,23);6H,4-5H2,1-3H3;2*1-2H3/b19-16+;7-6+;;. The molecule has 188 valence electrons. The molecular weight excluding hydrogens is 458 g/mol. The van der Waals surface area contributed by atoms with E-state index in [2.05, 4.69) is 55.3 Å². The molecule has 0 aliphatic carbocycles. The number of hydrogen-bond donors (Lipinski definition) is 3. The highest BCUT2D eigenvalue weighted by atomic mass is 32.1. The Labute approximate surface area is 218 Å². The van der Waals surface area contributed by atoms with Gasteiger partial charge >= 0.3 is 0 Å². The van der Waals surface area contributed by atoms with E-state index in [-0.39, 0.29) is 5.78 Å². The van der Waals surface area contributed by atoms with Crippen LogP contribution in [0.5, 0.6) is 0 Å². The van der Waals surface area contributed by atoms with Crippen LogP contribution in [-0.2, 0) is 4.79 Å². The molecule has 0 saturated carbocycles. The number of ketones is 1. The number of Topliss-reactive ketones (excluding diaryl/α,β-unsaturated/α-hetero) is 1. The van der Waals surface area contributed by atoms with Gasteiger partial charge in [0.2, 0.25) is 0 Å². The van der Waals surface area contributed by atoms with Crippen LogP contribution in [0.2, 0.25) is 0 Å². The molecule has 2 N–H and O–H groups in total. The highest BCUT2D eigenvalue weighted by molar-refractivity contribution is 7.80. The zero-order valence-electron chi connectivity index (χ0n) is 22.3. The van der Waals surface area contributed by atoms with Crippen molar-refractivity contribution in [2.45, 2.75) is 80.1 Å². The molecule has 2 aromatic rings. The van der Waals surface area contributed by atoms with Gasteiger partial charge in [-0.05, 0) is 62.7 Å². The van der Waals surface area contributed by atoms with Crippen LogP contribution in [0.25, 0.3) is 0 Å².